The molecule has 0 saturated carbocycles. The molecule has 0 radical (unpaired) electrons. The fraction of sp³-hybridized carbons (Fsp3) is 0.538. The molecule has 2 heteroatoms. The number of nitrogens with one attached hydrogen (secondary N) is 1. The van der Waals surface area contributed by atoms with Crippen molar-refractivity contribution in [3.05, 3.63) is 35.9 Å². The van der Waals surface area contributed by atoms with Gasteiger partial charge in [0, 0.05) is 11.8 Å². The lowest BCUT2D eigenvalue weighted by atomic mass is 10.1. The van der Waals surface area contributed by atoms with Crippen molar-refractivity contribution in [2.45, 2.75) is 25.8 Å². The maximum absolute atomic E-state index is 3.39. The number of rotatable bonds is 7. The predicted octanol–water partition coefficient (Wildman–Crippen LogP) is 2.96. The van der Waals surface area contributed by atoms with Crippen molar-refractivity contribution in [1.29, 1.82) is 0 Å². The second kappa shape index (κ2) is 7.77. The summed E-state index contributed by atoms with van der Waals surface area (Å²) in [7, 11) is 2.06. The number of benzene rings is 1. The van der Waals surface area contributed by atoms with Gasteiger partial charge >= 0.3 is 0 Å². The molecule has 1 atom stereocenters. The molecule has 0 aliphatic carbocycles. The lowest BCUT2D eigenvalue weighted by molar-refractivity contribution is 0.573. The van der Waals surface area contributed by atoms with E-state index in [0.717, 1.165) is 0 Å². The summed E-state index contributed by atoms with van der Waals surface area (Å²) in [5, 5.41) is 3.39. The fourth-order valence-electron chi connectivity index (χ4n) is 1.56. The summed E-state index contributed by atoms with van der Waals surface area (Å²) in [6.07, 6.45) is 2.41. The molecule has 0 aliphatic rings. The van der Waals surface area contributed by atoms with Crippen LogP contribution >= 0.6 is 11.8 Å². The number of aryl methyl sites for hydroxylation is 1. The molecule has 1 aromatic rings. The molecular formula is C13H21NS. The quantitative estimate of drug-likeness (QED) is 0.763. The summed E-state index contributed by atoms with van der Waals surface area (Å²) in [5.74, 6) is 2.43. The van der Waals surface area contributed by atoms with Gasteiger partial charge in [-0.2, -0.15) is 11.8 Å². The Morgan fingerprint density at radius 3 is 2.60 bits per heavy atom. The van der Waals surface area contributed by atoms with E-state index in [1.165, 1.54) is 29.9 Å². The number of thioether (sulfide) groups is 1. The molecule has 84 valence electrons. The van der Waals surface area contributed by atoms with Gasteiger partial charge < -0.3 is 5.32 Å². The van der Waals surface area contributed by atoms with Crippen LogP contribution < -0.4 is 5.32 Å². The van der Waals surface area contributed by atoms with E-state index >= 15 is 0 Å². The predicted molar refractivity (Wildman–Crippen MR) is 70.6 cm³/mol. The van der Waals surface area contributed by atoms with E-state index in [0.29, 0.717) is 6.04 Å². The molecule has 0 spiro atoms. The molecule has 0 bridgehead atoms. The normalized spacial score (nSPS) is 12.7. The lowest BCUT2D eigenvalue weighted by Crippen LogP contribution is -2.28. The monoisotopic (exact) mass is 223 g/mol. The Morgan fingerprint density at radius 1 is 1.27 bits per heavy atom. The highest BCUT2D eigenvalue weighted by Crippen LogP contribution is 2.09. The standard InChI is InChI=1S/C13H21NS/c1-3-15-11-13(14-2)10-9-12-7-5-4-6-8-12/h4-8,13-14H,3,9-11H2,1-2H3. The first-order valence-electron chi connectivity index (χ1n) is 5.65. The Bertz CT molecular complexity index is 248. The van der Waals surface area contributed by atoms with E-state index in [4.69, 9.17) is 0 Å². The summed E-state index contributed by atoms with van der Waals surface area (Å²) in [6.45, 7) is 2.22. The highest BCUT2D eigenvalue weighted by Gasteiger charge is 2.05. The molecule has 0 saturated heterocycles. The molecule has 1 nitrogen and oxygen atoms in total. The van der Waals surface area contributed by atoms with Gasteiger partial charge in [-0.15, -0.1) is 0 Å². The highest BCUT2D eigenvalue weighted by molar-refractivity contribution is 7.99. The van der Waals surface area contributed by atoms with Crippen LogP contribution in [0.4, 0.5) is 0 Å². The third-order valence-electron chi connectivity index (χ3n) is 2.56. The van der Waals surface area contributed by atoms with Crippen LogP contribution in [0, 0.1) is 0 Å². The summed E-state index contributed by atoms with van der Waals surface area (Å²) in [4.78, 5) is 0. The van der Waals surface area contributed by atoms with Crippen molar-refractivity contribution < 1.29 is 0 Å². The van der Waals surface area contributed by atoms with Crippen molar-refractivity contribution in [3.8, 4) is 0 Å². The van der Waals surface area contributed by atoms with Crippen molar-refractivity contribution in [2.24, 2.45) is 0 Å². The van der Waals surface area contributed by atoms with Crippen molar-refractivity contribution >= 4 is 11.8 Å². The maximum atomic E-state index is 3.39. The summed E-state index contributed by atoms with van der Waals surface area (Å²) >= 11 is 2.01. The molecule has 0 aliphatic heterocycles. The molecule has 0 aromatic heterocycles. The van der Waals surface area contributed by atoms with Gasteiger partial charge in [0.15, 0.2) is 0 Å². The van der Waals surface area contributed by atoms with Gasteiger partial charge in [0.1, 0.15) is 0 Å². The van der Waals surface area contributed by atoms with Crippen molar-refractivity contribution in [2.75, 3.05) is 18.6 Å². The Morgan fingerprint density at radius 2 is 2.00 bits per heavy atom. The van der Waals surface area contributed by atoms with E-state index < -0.39 is 0 Å². The van der Waals surface area contributed by atoms with Gasteiger partial charge in [-0.1, -0.05) is 37.3 Å². The van der Waals surface area contributed by atoms with Crippen LogP contribution in [0.25, 0.3) is 0 Å². The van der Waals surface area contributed by atoms with Gasteiger partial charge in [0.05, 0.1) is 0 Å². The Hall–Kier alpha value is -0.470. The van der Waals surface area contributed by atoms with Crippen LogP contribution in [0.2, 0.25) is 0 Å². The molecule has 1 rings (SSSR count). The summed E-state index contributed by atoms with van der Waals surface area (Å²) in [6, 6.07) is 11.4. The fourth-order valence-corrected chi connectivity index (χ4v) is 2.41. The van der Waals surface area contributed by atoms with Crippen LogP contribution in [-0.4, -0.2) is 24.6 Å². The van der Waals surface area contributed by atoms with Crippen LogP contribution in [0.3, 0.4) is 0 Å². The Labute approximate surface area is 97.7 Å². The molecular weight excluding hydrogens is 202 g/mol. The zero-order chi connectivity index (χ0) is 10.9. The zero-order valence-electron chi connectivity index (χ0n) is 9.70. The van der Waals surface area contributed by atoms with E-state index in [2.05, 4.69) is 49.6 Å². The van der Waals surface area contributed by atoms with E-state index in [-0.39, 0.29) is 0 Å². The van der Waals surface area contributed by atoms with Gasteiger partial charge in [-0.25, -0.2) is 0 Å². The van der Waals surface area contributed by atoms with E-state index in [1.807, 2.05) is 11.8 Å². The van der Waals surface area contributed by atoms with Crippen molar-refractivity contribution in [1.82, 2.24) is 5.32 Å². The maximum Gasteiger partial charge on any atom is 0.0158 e. The molecule has 1 unspecified atom stereocenters. The smallest absolute Gasteiger partial charge is 0.0158 e. The minimum Gasteiger partial charge on any atom is -0.316 e. The number of hydrogen-bond acceptors (Lipinski definition) is 2. The summed E-state index contributed by atoms with van der Waals surface area (Å²) < 4.78 is 0. The minimum atomic E-state index is 0.648. The molecule has 15 heavy (non-hydrogen) atoms. The first kappa shape index (κ1) is 12.6. The Kier molecular flexibility index (Phi) is 6.53. The topological polar surface area (TPSA) is 12.0 Å². The Balaban J connectivity index is 2.28. The lowest BCUT2D eigenvalue weighted by Gasteiger charge is -2.15. The average Bonchev–Trinajstić information content (AvgIpc) is 2.31. The molecule has 1 aromatic carbocycles. The molecule has 1 N–H and O–H groups in total. The molecule has 0 amide bonds. The van der Waals surface area contributed by atoms with Gasteiger partial charge in [0.25, 0.3) is 0 Å². The highest BCUT2D eigenvalue weighted by atomic mass is 32.2. The second-order valence-corrected chi connectivity index (χ2v) is 4.99. The van der Waals surface area contributed by atoms with Gasteiger partial charge in [-0.05, 0) is 31.2 Å². The first-order valence-corrected chi connectivity index (χ1v) is 6.81. The molecule has 0 fully saturated rings. The average molecular weight is 223 g/mol. The van der Waals surface area contributed by atoms with Crippen LogP contribution in [0.15, 0.2) is 30.3 Å². The SMILES string of the molecule is CCSCC(CCc1ccccc1)NC. The second-order valence-electron chi connectivity index (χ2n) is 3.67. The largest absolute Gasteiger partial charge is 0.316 e. The van der Waals surface area contributed by atoms with Crippen molar-refractivity contribution in [3.63, 3.8) is 0 Å². The number of hydrogen-bond donors (Lipinski definition) is 1. The van der Waals surface area contributed by atoms with Crippen LogP contribution in [0.5, 0.6) is 0 Å². The zero-order valence-corrected chi connectivity index (χ0v) is 10.5. The van der Waals surface area contributed by atoms with Gasteiger partial charge in [0.2, 0.25) is 0 Å². The third kappa shape index (κ3) is 5.24. The van der Waals surface area contributed by atoms with Crippen LogP contribution in [0.1, 0.15) is 18.9 Å². The first-order chi connectivity index (χ1) is 7.36. The summed E-state index contributed by atoms with van der Waals surface area (Å²) in [5.41, 5.74) is 1.44. The van der Waals surface area contributed by atoms with E-state index in [1.54, 1.807) is 0 Å². The van der Waals surface area contributed by atoms with Gasteiger partial charge in [-0.3, -0.25) is 0 Å². The van der Waals surface area contributed by atoms with Crippen LogP contribution in [-0.2, 0) is 6.42 Å². The van der Waals surface area contributed by atoms with E-state index in [9.17, 15) is 0 Å². The third-order valence-corrected chi connectivity index (χ3v) is 3.60. The minimum absolute atomic E-state index is 0.648. The molecule has 0 heterocycles.